The van der Waals surface area contributed by atoms with Gasteiger partial charge in [0.25, 0.3) is 0 Å². The third-order valence-corrected chi connectivity index (χ3v) is 3.45. The number of nitrogens with zero attached hydrogens (tertiary/aromatic N) is 1. The number of hydrogen-bond donors (Lipinski definition) is 1. The molecule has 0 fully saturated rings. The fourth-order valence-electron chi connectivity index (χ4n) is 1.91. The van der Waals surface area contributed by atoms with E-state index >= 15 is 0 Å². The quantitative estimate of drug-likeness (QED) is 0.786. The van der Waals surface area contributed by atoms with Crippen LogP contribution in [-0.2, 0) is 0 Å². The van der Waals surface area contributed by atoms with Crippen LogP contribution in [0.25, 0.3) is 11.0 Å². The number of rotatable bonds is 2. The van der Waals surface area contributed by atoms with E-state index in [1.165, 1.54) is 0 Å². The first-order chi connectivity index (χ1) is 8.75. The maximum absolute atomic E-state index is 6.16. The second-order valence-corrected chi connectivity index (χ2v) is 4.89. The monoisotopic (exact) mass is 302 g/mol. The van der Waals surface area contributed by atoms with Gasteiger partial charge in [-0.15, -0.1) is 0 Å². The zero-order valence-corrected chi connectivity index (χ0v) is 11.1. The van der Waals surface area contributed by atoms with Crippen LogP contribution in [-0.4, -0.2) is 4.98 Å². The zero-order chi connectivity index (χ0) is 12.5. The predicted molar refractivity (Wildman–Crippen MR) is 74.2 cm³/mol. The molecule has 2 N–H and O–H groups in total. The largest absolute Gasteiger partial charge is 0.458 e. The Morgan fingerprint density at radius 1 is 1.17 bits per heavy atom. The van der Waals surface area contributed by atoms with Crippen molar-refractivity contribution in [2.24, 2.45) is 5.73 Å². The molecule has 1 atom stereocenters. The minimum Gasteiger partial charge on any atom is -0.458 e. The van der Waals surface area contributed by atoms with Crippen LogP contribution in [0.5, 0.6) is 0 Å². The molecule has 0 aliphatic heterocycles. The highest BCUT2D eigenvalue weighted by Crippen LogP contribution is 2.30. The number of hydrogen-bond acceptors (Lipinski definition) is 3. The summed E-state index contributed by atoms with van der Waals surface area (Å²) < 4.78 is 6.73. The minimum atomic E-state index is -0.342. The molecule has 0 spiro atoms. The lowest BCUT2D eigenvalue weighted by Crippen LogP contribution is -2.12. The Kier molecular flexibility index (Phi) is 2.89. The molecule has 4 heteroatoms. The predicted octanol–water partition coefficient (Wildman–Crippen LogP) is 3.64. The third-order valence-electron chi connectivity index (χ3n) is 2.83. The van der Waals surface area contributed by atoms with Crippen molar-refractivity contribution in [3.05, 3.63) is 64.6 Å². The fraction of sp³-hybridized carbons (Fsp3) is 0.0714. The first-order valence-corrected chi connectivity index (χ1v) is 6.39. The van der Waals surface area contributed by atoms with Gasteiger partial charge >= 0.3 is 0 Å². The van der Waals surface area contributed by atoms with Crippen molar-refractivity contribution < 1.29 is 4.42 Å². The summed E-state index contributed by atoms with van der Waals surface area (Å²) in [5.41, 5.74) is 7.78. The molecule has 0 saturated carbocycles. The molecule has 0 saturated heterocycles. The van der Waals surface area contributed by atoms with Crippen molar-refractivity contribution >= 4 is 26.9 Å². The van der Waals surface area contributed by atoms with Gasteiger partial charge in [0.05, 0.1) is 10.2 Å². The molecular formula is C14H11BrN2O. The SMILES string of the molecule is NC(c1ccccn1)c1cc2cccc(Br)c2o1. The van der Waals surface area contributed by atoms with Crippen LogP contribution < -0.4 is 5.73 Å². The summed E-state index contributed by atoms with van der Waals surface area (Å²) in [5, 5.41) is 1.03. The molecule has 0 radical (unpaired) electrons. The van der Waals surface area contributed by atoms with E-state index < -0.39 is 0 Å². The highest BCUT2D eigenvalue weighted by atomic mass is 79.9. The fourth-order valence-corrected chi connectivity index (χ4v) is 2.37. The van der Waals surface area contributed by atoms with Crippen LogP contribution in [0.4, 0.5) is 0 Å². The van der Waals surface area contributed by atoms with Gasteiger partial charge in [-0.05, 0) is 40.2 Å². The summed E-state index contributed by atoms with van der Waals surface area (Å²) in [5.74, 6) is 0.718. The summed E-state index contributed by atoms with van der Waals surface area (Å²) in [6.07, 6.45) is 1.73. The van der Waals surface area contributed by atoms with E-state index in [4.69, 9.17) is 10.2 Å². The van der Waals surface area contributed by atoms with Crippen LogP contribution in [0.15, 0.2) is 57.6 Å². The van der Waals surface area contributed by atoms with E-state index in [2.05, 4.69) is 20.9 Å². The van der Waals surface area contributed by atoms with Crippen LogP contribution in [0.1, 0.15) is 17.5 Å². The van der Waals surface area contributed by atoms with Gasteiger partial charge < -0.3 is 10.2 Å². The second kappa shape index (κ2) is 4.55. The van der Waals surface area contributed by atoms with Gasteiger partial charge in [0.1, 0.15) is 17.4 Å². The van der Waals surface area contributed by atoms with Crippen LogP contribution in [0.2, 0.25) is 0 Å². The Morgan fingerprint density at radius 2 is 2.06 bits per heavy atom. The number of fused-ring (bicyclic) bond motifs is 1. The topological polar surface area (TPSA) is 52.0 Å². The standard InChI is InChI=1S/C14H11BrN2O/c15-10-5-3-4-9-8-12(18-14(9)10)13(16)11-6-1-2-7-17-11/h1-8,13H,16H2. The molecule has 1 aromatic carbocycles. The average Bonchev–Trinajstić information content (AvgIpc) is 2.84. The molecule has 2 heterocycles. The Balaban J connectivity index is 2.07. The number of para-hydroxylation sites is 1. The van der Waals surface area contributed by atoms with E-state index in [1.807, 2.05) is 42.5 Å². The van der Waals surface area contributed by atoms with Crippen molar-refractivity contribution in [3.8, 4) is 0 Å². The minimum absolute atomic E-state index is 0.342. The Bertz CT molecular complexity index is 679. The summed E-state index contributed by atoms with van der Waals surface area (Å²) in [7, 11) is 0. The number of furan rings is 1. The lowest BCUT2D eigenvalue weighted by atomic mass is 10.1. The molecular weight excluding hydrogens is 292 g/mol. The van der Waals surface area contributed by atoms with Gasteiger partial charge in [-0.3, -0.25) is 4.98 Å². The van der Waals surface area contributed by atoms with E-state index in [-0.39, 0.29) is 6.04 Å². The molecule has 2 aromatic heterocycles. The van der Waals surface area contributed by atoms with Crippen molar-refractivity contribution in [1.29, 1.82) is 0 Å². The van der Waals surface area contributed by atoms with E-state index in [9.17, 15) is 0 Å². The molecule has 0 bridgehead atoms. The third kappa shape index (κ3) is 1.94. The highest BCUT2D eigenvalue weighted by molar-refractivity contribution is 9.10. The molecule has 0 amide bonds. The number of nitrogens with two attached hydrogens (primary N) is 1. The van der Waals surface area contributed by atoms with Crippen molar-refractivity contribution in [2.75, 3.05) is 0 Å². The maximum atomic E-state index is 6.16. The second-order valence-electron chi connectivity index (χ2n) is 4.04. The summed E-state index contributed by atoms with van der Waals surface area (Å²) in [6.45, 7) is 0. The number of benzene rings is 1. The van der Waals surface area contributed by atoms with Crippen molar-refractivity contribution in [2.45, 2.75) is 6.04 Å². The van der Waals surface area contributed by atoms with Crippen molar-refractivity contribution in [3.63, 3.8) is 0 Å². The van der Waals surface area contributed by atoms with Gasteiger partial charge in [0.2, 0.25) is 0 Å². The first-order valence-electron chi connectivity index (χ1n) is 5.60. The van der Waals surface area contributed by atoms with E-state index in [1.54, 1.807) is 6.20 Å². The van der Waals surface area contributed by atoms with Gasteiger partial charge in [-0.1, -0.05) is 18.2 Å². The van der Waals surface area contributed by atoms with Gasteiger partial charge in [-0.2, -0.15) is 0 Å². The molecule has 3 rings (SSSR count). The van der Waals surface area contributed by atoms with Gasteiger partial charge in [0, 0.05) is 11.6 Å². The molecule has 0 aliphatic carbocycles. The highest BCUT2D eigenvalue weighted by Gasteiger charge is 2.15. The average molecular weight is 303 g/mol. The lowest BCUT2D eigenvalue weighted by molar-refractivity contribution is 0.519. The Labute approximate surface area is 113 Å². The van der Waals surface area contributed by atoms with Crippen LogP contribution in [0.3, 0.4) is 0 Å². The van der Waals surface area contributed by atoms with Gasteiger partial charge in [-0.25, -0.2) is 0 Å². The summed E-state index contributed by atoms with van der Waals surface area (Å²) in [4.78, 5) is 4.25. The molecule has 3 nitrogen and oxygen atoms in total. The van der Waals surface area contributed by atoms with Crippen molar-refractivity contribution in [1.82, 2.24) is 4.98 Å². The number of halogens is 1. The molecule has 18 heavy (non-hydrogen) atoms. The molecule has 0 aliphatic rings. The van der Waals surface area contributed by atoms with Crippen LogP contribution >= 0.6 is 15.9 Å². The lowest BCUT2D eigenvalue weighted by Gasteiger charge is -2.06. The number of pyridine rings is 1. The Hall–Kier alpha value is -1.65. The summed E-state index contributed by atoms with van der Waals surface area (Å²) in [6, 6.07) is 13.2. The van der Waals surface area contributed by atoms with Crippen LogP contribution in [0, 0.1) is 0 Å². The molecule has 90 valence electrons. The first kappa shape index (κ1) is 11.4. The zero-order valence-electron chi connectivity index (χ0n) is 9.51. The Morgan fingerprint density at radius 3 is 2.78 bits per heavy atom. The normalized spacial score (nSPS) is 12.8. The molecule has 3 aromatic rings. The molecule has 1 unspecified atom stereocenters. The maximum Gasteiger partial charge on any atom is 0.148 e. The summed E-state index contributed by atoms with van der Waals surface area (Å²) >= 11 is 3.47. The smallest absolute Gasteiger partial charge is 0.148 e. The van der Waals surface area contributed by atoms with E-state index in [0.29, 0.717) is 0 Å². The number of aromatic nitrogens is 1. The van der Waals surface area contributed by atoms with Gasteiger partial charge in [0.15, 0.2) is 0 Å². The van der Waals surface area contributed by atoms with E-state index in [0.717, 1.165) is 26.9 Å².